The summed E-state index contributed by atoms with van der Waals surface area (Å²) in [7, 11) is 0. The molecular weight excluding hydrogens is 516 g/mol. The summed E-state index contributed by atoms with van der Waals surface area (Å²) in [5.41, 5.74) is -0.435. The Bertz CT molecular complexity index is 924. The lowest BCUT2D eigenvalue weighted by Gasteiger charge is -2.33. The third-order valence-electron chi connectivity index (χ3n) is 7.45. The lowest BCUT2D eigenvalue weighted by Crippen LogP contribution is -2.56. The highest BCUT2D eigenvalue weighted by molar-refractivity contribution is 5.95. The van der Waals surface area contributed by atoms with Crippen molar-refractivity contribution in [3.63, 3.8) is 0 Å². The Labute approximate surface area is 208 Å². The fraction of sp³-hybridized carbons (Fsp3) is 0.818. The standard InChI is InChI=1S/C22H29F6N3O6/c1-4-14(37-22(26,27)28)19(35)31-8-11-15(20(11,2)3)16(31)18(34)30-12(7-10-5-6-29-17(10)33)13(32)9-36-21(23,24)25/h10-12,14-16H,4-9H2,1-3H3,(H,29,33)(H,30,34)/t10-,11-,12?,14?,15-,16-/m0/s1. The molecule has 6 atom stereocenters. The number of halogens is 6. The summed E-state index contributed by atoms with van der Waals surface area (Å²) in [6, 6.07) is -2.82. The summed E-state index contributed by atoms with van der Waals surface area (Å²) in [6.07, 6.45) is -12.4. The predicted octanol–water partition coefficient (Wildman–Crippen LogP) is 1.90. The number of nitrogens with one attached hydrogen (secondary N) is 2. The molecule has 9 nitrogen and oxygen atoms in total. The van der Waals surface area contributed by atoms with Gasteiger partial charge in [-0.3, -0.25) is 28.7 Å². The molecule has 3 amide bonds. The van der Waals surface area contributed by atoms with Crippen LogP contribution in [0.3, 0.4) is 0 Å². The second-order valence-electron chi connectivity index (χ2n) is 10.1. The van der Waals surface area contributed by atoms with Crippen LogP contribution in [-0.4, -0.2) is 79.0 Å². The van der Waals surface area contributed by atoms with Gasteiger partial charge in [0.05, 0.1) is 6.04 Å². The van der Waals surface area contributed by atoms with Crippen molar-refractivity contribution >= 4 is 23.5 Å². The van der Waals surface area contributed by atoms with E-state index in [1.165, 1.54) is 6.92 Å². The van der Waals surface area contributed by atoms with Crippen LogP contribution in [-0.2, 0) is 28.7 Å². The average molecular weight is 545 g/mol. The van der Waals surface area contributed by atoms with Gasteiger partial charge >= 0.3 is 12.7 Å². The van der Waals surface area contributed by atoms with E-state index < -0.39 is 78.3 Å². The minimum absolute atomic E-state index is 0.0207. The quantitative estimate of drug-likeness (QED) is 0.406. The van der Waals surface area contributed by atoms with Gasteiger partial charge in [0.25, 0.3) is 5.91 Å². The lowest BCUT2D eigenvalue weighted by atomic mass is 9.94. The Morgan fingerprint density at radius 3 is 2.32 bits per heavy atom. The second-order valence-corrected chi connectivity index (χ2v) is 10.1. The van der Waals surface area contributed by atoms with E-state index in [4.69, 9.17) is 0 Å². The maximum Gasteiger partial charge on any atom is 0.523 e. The van der Waals surface area contributed by atoms with Crippen LogP contribution in [0.2, 0.25) is 0 Å². The van der Waals surface area contributed by atoms with Crippen molar-refractivity contribution in [2.24, 2.45) is 23.2 Å². The Morgan fingerprint density at radius 1 is 1.16 bits per heavy atom. The lowest BCUT2D eigenvalue weighted by molar-refractivity contribution is -0.339. The maximum atomic E-state index is 13.4. The van der Waals surface area contributed by atoms with Gasteiger partial charge in [-0.05, 0) is 36.5 Å². The summed E-state index contributed by atoms with van der Waals surface area (Å²) in [6.45, 7) is 3.80. The van der Waals surface area contributed by atoms with E-state index >= 15 is 0 Å². The molecule has 2 heterocycles. The Balaban J connectivity index is 1.80. The molecule has 1 saturated carbocycles. The zero-order valence-electron chi connectivity index (χ0n) is 20.4. The predicted molar refractivity (Wildman–Crippen MR) is 112 cm³/mol. The molecule has 3 fully saturated rings. The van der Waals surface area contributed by atoms with Gasteiger partial charge in [-0.25, -0.2) is 0 Å². The summed E-state index contributed by atoms with van der Waals surface area (Å²) in [4.78, 5) is 51.9. The molecule has 0 aromatic rings. The number of alkyl halides is 6. The largest absolute Gasteiger partial charge is 0.523 e. The van der Waals surface area contributed by atoms with Gasteiger partial charge in [0.15, 0.2) is 5.78 Å². The molecule has 0 aromatic heterocycles. The van der Waals surface area contributed by atoms with Gasteiger partial charge in [-0.2, -0.15) is 0 Å². The number of nitrogens with zero attached hydrogens (tertiary/aromatic N) is 1. The fourth-order valence-corrected chi connectivity index (χ4v) is 5.40. The molecule has 2 unspecified atom stereocenters. The molecule has 37 heavy (non-hydrogen) atoms. The number of likely N-dealkylation sites (tertiary alicyclic amines) is 1. The van der Waals surface area contributed by atoms with Crippen LogP contribution in [0, 0.1) is 23.2 Å². The van der Waals surface area contributed by atoms with E-state index in [2.05, 4.69) is 20.1 Å². The number of amides is 3. The number of carbonyl (C=O) groups is 4. The summed E-state index contributed by atoms with van der Waals surface area (Å²) >= 11 is 0. The molecule has 2 N–H and O–H groups in total. The van der Waals surface area contributed by atoms with E-state index in [9.17, 15) is 45.5 Å². The average Bonchev–Trinajstić information content (AvgIpc) is 3.13. The highest BCUT2D eigenvalue weighted by Crippen LogP contribution is 2.65. The van der Waals surface area contributed by atoms with Crippen molar-refractivity contribution in [2.75, 3.05) is 19.7 Å². The molecular formula is C22H29F6N3O6. The van der Waals surface area contributed by atoms with Crippen LogP contribution in [0.15, 0.2) is 0 Å². The number of hydrogen-bond donors (Lipinski definition) is 2. The molecule has 0 bridgehead atoms. The molecule has 2 saturated heterocycles. The van der Waals surface area contributed by atoms with Crippen molar-refractivity contribution < 1.29 is 55.0 Å². The van der Waals surface area contributed by atoms with Crippen LogP contribution in [0.4, 0.5) is 26.3 Å². The van der Waals surface area contributed by atoms with Gasteiger partial charge < -0.3 is 15.5 Å². The van der Waals surface area contributed by atoms with E-state index in [1.54, 1.807) is 0 Å². The van der Waals surface area contributed by atoms with Crippen molar-refractivity contribution in [3.8, 4) is 0 Å². The monoisotopic (exact) mass is 545 g/mol. The summed E-state index contributed by atoms with van der Waals surface area (Å²) < 4.78 is 83.5. The van der Waals surface area contributed by atoms with Gasteiger partial charge in [0, 0.05) is 19.0 Å². The highest BCUT2D eigenvalue weighted by Gasteiger charge is 2.69. The fourth-order valence-electron chi connectivity index (χ4n) is 5.40. The van der Waals surface area contributed by atoms with Gasteiger partial charge in [0.1, 0.15) is 18.8 Å². The van der Waals surface area contributed by atoms with Crippen molar-refractivity contribution in [1.29, 1.82) is 0 Å². The number of ether oxygens (including phenoxy) is 2. The highest BCUT2D eigenvalue weighted by atomic mass is 19.4. The molecule has 3 aliphatic rings. The third kappa shape index (κ3) is 6.72. The molecule has 2 aliphatic heterocycles. The van der Waals surface area contributed by atoms with Crippen LogP contribution >= 0.6 is 0 Å². The van der Waals surface area contributed by atoms with Crippen molar-refractivity contribution in [3.05, 3.63) is 0 Å². The first kappa shape index (κ1) is 29.1. The Kier molecular flexibility index (Phi) is 8.18. The number of rotatable bonds is 10. The van der Waals surface area contributed by atoms with Crippen LogP contribution < -0.4 is 10.6 Å². The Hall–Kier alpha value is -2.42. The van der Waals surface area contributed by atoms with Crippen LogP contribution in [0.1, 0.15) is 40.0 Å². The molecule has 1 aliphatic carbocycles. The number of fused-ring (bicyclic) bond motifs is 1. The smallest absolute Gasteiger partial charge is 0.356 e. The molecule has 3 rings (SSSR count). The van der Waals surface area contributed by atoms with Crippen molar-refractivity contribution in [2.45, 2.75) is 70.9 Å². The molecule has 0 spiro atoms. The first-order valence-electron chi connectivity index (χ1n) is 11.8. The van der Waals surface area contributed by atoms with E-state index in [0.29, 0.717) is 0 Å². The molecule has 0 radical (unpaired) electrons. The van der Waals surface area contributed by atoms with Crippen LogP contribution in [0.25, 0.3) is 0 Å². The zero-order valence-corrected chi connectivity index (χ0v) is 20.4. The molecule has 0 aromatic carbocycles. The normalized spacial score (nSPS) is 28.4. The maximum absolute atomic E-state index is 13.4. The number of Topliss-reactive ketones (excluding diaryl/α,β-unsaturated/α-hetero) is 1. The van der Waals surface area contributed by atoms with E-state index in [-0.39, 0.29) is 38.3 Å². The second kappa shape index (κ2) is 10.4. The van der Waals surface area contributed by atoms with Crippen LogP contribution in [0.5, 0.6) is 0 Å². The number of hydrogen-bond acceptors (Lipinski definition) is 6. The number of carbonyl (C=O) groups excluding carboxylic acids is 4. The number of ketones is 1. The van der Waals surface area contributed by atoms with Crippen molar-refractivity contribution in [1.82, 2.24) is 15.5 Å². The Morgan fingerprint density at radius 2 is 1.81 bits per heavy atom. The summed E-state index contributed by atoms with van der Waals surface area (Å²) in [5, 5.41) is 4.88. The van der Waals surface area contributed by atoms with Gasteiger partial charge in [-0.15, -0.1) is 26.3 Å². The SMILES string of the molecule is CCC(OC(F)(F)F)C(=O)N1C[C@H]2[C@@H]([C@H]1C(=O)NC(C[C@@H]1CCNC1=O)C(=O)COC(F)(F)F)C2(C)C. The minimum atomic E-state index is -5.11. The molecule has 15 heteroatoms. The van der Waals surface area contributed by atoms with E-state index in [1.807, 2.05) is 13.8 Å². The minimum Gasteiger partial charge on any atom is -0.356 e. The molecule has 210 valence electrons. The first-order chi connectivity index (χ1) is 17.0. The zero-order chi connectivity index (χ0) is 27.9. The third-order valence-corrected chi connectivity index (χ3v) is 7.45. The topological polar surface area (TPSA) is 114 Å². The first-order valence-corrected chi connectivity index (χ1v) is 11.8. The van der Waals surface area contributed by atoms with Gasteiger partial charge in [-0.1, -0.05) is 20.8 Å². The number of piperidine rings is 1. The van der Waals surface area contributed by atoms with Gasteiger partial charge in [0.2, 0.25) is 11.8 Å². The van der Waals surface area contributed by atoms with E-state index in [0.717, 1.165) is 4.90 Å². The summed E-state index contributed by atoms with van der Waals surface area (Å²) in [5.74, 6) is -4.94.